The first-order valence-corrected chi connectivity index (χ1v) is 9.75. The van der Waals surface area contributed by atoms with E-state index in [1.54, 1.807) is 0 Å². The molecule has 4 rings (SSSR count). The lowest BCUT2D eigenvalue weighted by molar-refractivity contribution is -0.155. The largest absolute Gasteiger partial charge is 0.463 e. The summed E-state index contributed by atoms with van der Waals surface area (Å²) in [5, 5.41) is 0. The summed E-state index contributed by atoms with van der Waals surface area (Å²) in [7, 11) is 0. The molecule has 0 aromatic heterocycles. The van der Waals surface area contributed by atoms with Crippen molar-refractivity contribution in [2.45, 2.75) is 78.2 Å². The third-order valence-electron chi connectivity index (χ3n) is 8.09. The molecule has 3 nitrogen and oxygen atoms in total. The lowest BCUT2D eigenvalue weighted by Crippen LogP contribution is -2.52. The second-order valence-corrected chi connectivity index (χ2v) is 9.16. The Labute approximate surface area is 145 Å². The number of carbonyl (C=O) groups is 2. The van der Waals surface area contributed by atoms with Gasteiger partial charge in [0.25, 0.3) is 0 Å². The predicted molar refractivity (Wildman–Crippen MR) is 92.3 cm³/mol. The van der Waals surface area contributed by atoms with Crippen LogP contribution < -0.4 is 0 Å². The second-order valence-electron chi connectivity index (χ2n) is 9.16. The first-order chi connectivity index (χ1) is 11.3. The molecule has 4 aliphatic rings. The summed E-state index contributed by atoms with van der Waals surface area (Å²) in [5.41, 5.74) is 1.68. The Hall–Kier alpha value is -1.12. The van der Waals surface area contributed by atoms with Crippen LogP contribution in [0, 0.1) is 28.6 Å². The van der Waals surface area contributed by atoms with E-state index < -0.39 is 0 Å². The number of fused-ring (bicyclic) bond motifs is 5. The third kappa shape index (κ3) is 2.23. The van der Waals surface area contributed by atoms with Crippen molar-refractivity contribution in [1.82, 2.24) is 0 Å². The van der Waals surface area contributed by atoms with Crippen molar-refractivity contribution in [3.8, 4) is 0 Å². The molecule has 132 valence electrons. The number of ether oxygens (including phenoxy) is 1. The predicted octanol–water partition coefficient (Wildman–Crippen LogP) is 4.45. The lowest BCUT2D eigenvalue weighted by atomic mass is 9.46. The van der Waals surface area contributed by atoms with Crippen LogP contribution in [-0.4, -0.2) is 17.9 Å². The minimum absolute atomic E-state index is 0.123. The number of Topliss-reactive ketones (excluding diaryl/α,β-unsaturated/α-hetero) is 1. The van der Waals surface area contributed by atoms with Gasteiger partial charge in [-0.1, -0.05) is 18.6 Å². The number of ketones is 1. The van der Waals surface area contributed by atoms with E-state index in [0.29, 0.717) is 35.4 Å². The third-order valence-corrected chi connectivity index (χ3v) is 8.09. The van der Waals surface area contributed by atoms with Crippen LogP contribution in [-0.2, 0) is 14.3 Å². The van der Waals surface area contributed by atoms with Gasteiger partial charge in [0.05, 0.1) is 0 Å². The van der Waals surface area contributed by atoms with Gasteiger partial charge in [-0.05, 0) is 75.0 Å². The standard InChI is InChI=1S/C21H30O3/c1-13(22)24-15-8-10-20(2)14(12-15)4-5-16-17-6-7-19(23)21(17,3)11-9-18(16)20/h6,14-16,18H,4-5,7-12H2,1-3H3. The van der Waals surface area contributed by atoms with E-state index in [4.69, 9.17) is 4.74 Å². The van der Waals surface area contributed by atoms with Gasteiger partial charge in [0.15, 0.2) is 0 Å². The van der Waals surface area contributed by atoms with Crippen LogP contribution in [0.2, 0.25) is 0 Å². The Morgan fingerprint density at radius 3 is 2.71 bits per heavy atom. The minimum Gasteiger partial charge on any atom is -0.463 e. The van der Waals surface area contributed by atoms with Crippen molar-refractivity contribution in [3.05, 3.63) is 11.6 Å². The molecule has 0 radical (unpaired) electrons. The van der Waals surface area contributed by atoms with Crippen molar-refractivity contribution in [3.63, 3.8) is 0 Å². The van der Waals surface area contributed by atoms with E-state index in [0.717, 1.165) is 25.7 Å². The molecule has 3 fully saturated rings. The van der Waals surface area contributed by atoms with Crippen molar-refractivity contribution in [1.29, 1.82) is 0 Å². The molecule has 0 N–H and O–H groups in total. The average Bonchev–Trinajstić information content (AvgIpc) is 2.83. The molecule has 0 aliphatic heterocycles. The zero-order chi connectivity index (χ0) is 17.1. The van der Waals surface area contributed by atoms with Crippen LogP contribution in [0.25, 0.3) is 0 Å². The van der Waals surface area contributed by atoms with E-state index in [-0.39, 0.29) is 17.5 Å². The van der Waals surface area contributed by atoms with E-state index >= 15 is 0 Å². The zero-order valence-electron chi connectivity index (χ0n) is 15.3. The van der Waals surface area contributed by atoms with Crippen LogP contribution in [0.3, 0.4) is 0 Å². The molecule has 4 aliphatic carbocycles. The fourth-order valence-corrected chi connectivity index (χ4v) is 6.71. The highest BCUT2D eigenvalue weighted by Crippen LogP contribution is 2.64. The number of hydrogen-bond donors (Lipinski definition) is 0. The number of rotatable bonds is 1. The topological polar surface area (TPSA) is 43.4 Å². The van der Waals surface area contributed by atoms with E-state index in [9.17, 15) is 9.59 Å². The maximum atomic E-state index is 12.4. The number of allylic oxidation sites excluding steroid dienone is 2. The molecule has 0 aromatic carbocycles. The van der Waals surface area contributed by atoms with Crippen LogP contribution >= 0.6 is 0 Å². The summed E-state index contributed by atoms with van der Waals surface area (Å²) < 4.78 is 5.53. The number of carbonyl (C=O) groups excluding carboxylic acids is 2. The maximum absolute atomic E-state index is 12.4. The highest BCUT2D eigenvalue weighted by atomic mass is 16.5. The molecular formula is C21H30O3. The zero-order valence-corrected chi connectivity index (χ0v) is 15.3. The molecule has 0 amide bonds. The molecule has 3 saturated carbocycles. The monoisotopic (exact) mass is 330 g/mol. The minimum atomic E-state index is -0.153. The Bertz CT molecular complexity index is 606. The van der Waals surface area contributed by atoms with Crippen LogP contribution in [0.4, 0.5) is 0 Å². The highest BCUT2D eigenvalue weighted by Gasteiger charge is 2.57. The van der Waals surface area contributed by atoms with Crippen molar-refractivity contribution in [2.75, 3.05) is 0 Å². The highest BCUT2D eigenvalue weighted by molar-refractivity contribution is 5.92. The molecule has 0 saturated heterocycles. The van der Waals surface area contributed by atoms with Gasteiger partial charge >= 0.3 is 5.97 Å². The molecule has 0 aromatic rings. The Morgan fingerprint density at radius 2 is 1.96 bits per heavy atom. The smallest absolute Gasteiger partial charge is 0.302 e. The molecule has 0 spiro atoms. The molecular weight excluding hydrogens is 300 g/mol. The van der Waals surface area contributed by atoms with Gasteiger partial charge in [0.1, 0.15) is 11.9 Å². The summed E-state index contributed by atoms with van der Waals surface area (Å²) in [5.74, 6) is 2.29. The first kappa shape index (κ1) is 16.4. The molecule has 3 heteroatoms. The second kappa shape index (κ2) is 5.44. The van der Waals surface area contributed by atoms with E-state index in [2.05, 4.69) is 19.9 Å². The fourth-order valence-electron chi connectivity index (χ4n) is 6.71. The van der Waals surface area contributed by atoms with Gasteiger partial charge in [-0.2, -0.15) is 0 Å². The Balaban J connectivity index is 1.57. The average molecular weight is 330 g/mol. The maximum Gasteiger partial charge on any atom is 0.302 e. The van der Waals surface area contributed by atoms with Gasteiger partial charge < -0.3 is 4.74 Å². The van der Waals surface area contributed by atoms with Gasteiger partial charge in [0.2, 0.25) is 0 Å². The SMILES string of the molecule is CC(=O)OC1CCC2(C)C(CCC3C4=CCC(=O)C4(C)CCC32)C1. The first-order valence-electron chi connectivity index (χ1n) is 9.75. The van der Waals surface area contributed by atoms with Crippen molar-refractivity contribution in [2.24, 2.45) is 28.6 Å². The summed E-state index contributed by atoms with van der Waals surface area (Å²) >= 11 is 0. The fraction of sp³-hybridized carbons (Fsp3) is 0.810. The summed E-state index contributed by atoms with van der Waals surface area (Å²) in [6.07, 6.45) is 10.9. The summed E-state index contributed by atoms with van der Waals surface area (Å²) in [4.78, 5) is 23.7. The molecule has 6 atom stereocenters. The normalized spacial score (nSPS) is 47.3. The Morgan fingerprint density at radius 1 is 1.17 bits per heavy atom. The molecule has 24 heavy (non-hydrogen) atoms. The van der Waals surface area contributed by atoms with Crippen molar-refractivity contribution < 1.29 is 14.3 Å². The van der Waals surface area contributed by atoms with Gasteiger partial charge in [-0.25, -0.2) is 0 Å². The summed E-state index contributed by atoms with van der Waals surface area (Å²) in [6, 6.07) is 0. The molecule has 0 bridgehead atoms. The lowest BCUT2D eigenvalue weighted by Gasteiger charge is -2.58. The quantitative estimate of drug-likeness (QED) is 0.527. The van der Waals surface area contributed by atoms with Crippen LogP contribution in [0.15, 0.2) is 11.6 Å². The molecule has 0 heterocycles. The number of esters is 1. The van der Waals surface area contributed by atoms with E-state index in [1.807, 2.05) is 0 Å². The van der Waals surface area contributed by atoms with Crippen LogP contribution in [0.5, 0.6) is 0 Å². The molecule has 6 unspecified atom stereocenters. The van der Waals surface area contributed by atoms with E-state index in [1.165, 1.54) is 31.8 Å². The van der Waals surface area contributed by atoms with Gasteiger partial charge in [0, 0.05) is 18.8 Å². The van der Waals surface area contributed by atoms with Gasteiger partial charge in [-0.3, -0.25) is 9.59 Å². The van der Waals surface area contributed by atoms with Gasteiger partial charge in [-0.15, -0.1) is 0 Å². The van der Waals surface area contributed by atoms with Crippen molar-refractivity contribution >= 4 is 11.8 Å². The van der Waals surface area contributed by atoms with Crippen LogP contribution in [0.1, 0.15) is 72.1 Å². The summed E-state index contributed by atoms with van der Waals surface area (Å²) in [6.45, 7) is 6.20. The Kier molecular flexibility index (Phi) is 3.71. The number of hydrogen-bond acceptors (Lipinski definition) is 3.